The third kappa shape index (κ3) is 6.35. The number of aromatic nitrogens is 2. The lowest BCUT2D eigenvalue weighted by Gasteiger charge is -2.31. The fourth-order valence-electron chi connectivity index (χ4n) is 4.80. The van der Waals surface area contributed by atoms with Gasteiger partial charge in [0, 0.05) is 23.4 Å². The normalized spacial score (nSPS) is 15.1. The van der Waals surface area contributed by atoms with Crippen LogP contribution in [0.5, 0.6) is 0 Å². The van der Waals surface area contributed by atoms with Crippen molar-refractivity contribution in [3.8, 4) is 0 Å². The van der Waals surface area contributed by atoms with Crippen molar-refractivity contribution < 1.29 is 14.4 Å². The summed E-state index contributed by atoms with van der Waals surface area (Å²) in [6, 6.07) is 15.8. The number of anilines is 2. The molecule has 1 aliphatic heterocycles. The zero-order valence-electron chi connectivity index (χ0n) is 22.7. The third-order valence-electron chi connectivity index (χ3n) is 6.63. The first-order valence-electron chi connectivity index (χ1n) is 12.9. The predicted molar refractivity (Wildman–Crippen MR) is 151 cm³/mol. The molecule has 4 N–H and O–H groups in total. The number of fused-ring (bicyclic) bond motifs is 1. The Morgan fingerprint density at radius 2 is 1.79 bits per heavy atom. The lowest BCUT2D eigenvalue weighted by Crippen LogP contribution is -2.44. The monoisotopic (exact) mass is 529 g/mol. The maximum Gasteiger partial charge on any atom is 0.318 e. The molecular weight excluding hydrogens is 494 g/mol. The van der Waals surface area contributed by atoms with Crippen LogP contribution < -0.4 is 16.0 Å². The molecule has 0 bridgehead atoms. The van der Waals surface area contributed by atoms with E-state index < -0.39 is 0 Å². The van der Waals surface area contributed by atoms with E-state index in [1.165, 1.54) is 6.08 Å². The van der Waals surface area contributed by atoms with Crippen LogP contribution in [0.15, 0.2) is 67.3 Å². The zero-order valence-corrected chi connectivity index (χ0v) is 22.7. The third-order valence-corrected chi connectivity index (χ3v) is 6.63. The molecule has 4 amide bonds. The van der Waals surface area contributed by atoms with Crippen LogP contribution in [0.3, 0.4) is 0 Å². The molecule has 2 heterocycles. The molecule has 0 fully saturated rings. The number of carbonyl (C=O) groups excluding carboxylic acids is 3. The van der Waals surface area contributed by atoms with Crippen molar-refractivity contribution in [2.45, 2.75) is 32.5 Å². The number of amides is 4. The van der Waals surface area contributed by atoms with E-state index >= 15 is 0 Å². The Kier molecular flexibility index (Phi) is 8.46. The number of benzene rings is 2. The quantitative estimate of drug-likeness (QED) is 0.308. The van der Waals surface area contributed by atoms with Gasteiger partial charge in [-0.1, -0.05) is 50.8 Å². The van der Waals surface area contributed by atoms with Crippen LogP contribution in [0.4, 0.5) is 16.3 Å². The van der Waals surface area contributed by atoms with Gasteiger partial charge >= 0.3 is 6.03 Å². The van der Waals surface area contributed by atoms with Crippen LogP contribution in [0.1, 0.15) is 53.1 Å². The molecule has 39 heavy (non-hydrogen) atoms. The van der Waals surface area contributed by atoms with E-state index in [2.05, 4.69) is 46.6 Å². The van der Waals surface area contributed by atoms with Crippen molar-refractivity contribution in [2.75, 3.05) is 31.3 Å². The van der Waals surface area contributed by atoms with Gasteiger partial charge in [0.15, 0.2) is 5.82 Å². The second-order valence-electron chi connectivity index (χ2n) is 10.2. The van der Waals surface area contributed by atoms with Gasteiger partial charge in [-0.15, -0.1) is 0 Å². The highest BCUT2D eigenvalue weighted by molar-refractivity contribution is 6.05. The number of hydrogen-bond acceptors (Lipinski definition) is 5. The second-order valence-corrected chi connectivity index (χ2v) is 10.2. The summed E-state index contributed by atoms with van der Waals surface area (Å²) in [5.74, 6) is -0.161. The summed E-state index contributed by atoms with van der Waals surface area (Å²) in [5, 5.41) is 16.2. The highest BCUT2D eigenvalue weighted by Gasteiger charge is 2.40. The Morgan fingerprint density at radius 1 is 1.10 bits per heavy atom. The summed E-state index contributed by atoms with van der Waals surface area (Å²) in [7, 11) is 3.95. The van der Waals surface area contributed by atoms with Gasteiger partial charge in [-0.25, -0.2) is 4.79 Å². The molecule has 2 aromatic carbocycles. The van der Waals surface area contributed by atoms with E-state index in [4.69, 9.17) is 0 Å². The number of carbonyl (C=O) groups is 3. The van der Waals surface area contributed by atoms with Crippen LogP contribution in [0.2, 0.25) is 0 Å². The largest absolute Gasteiger partial charge is 0.330 e. The number of aromatic amines is 1. The maximum absolute atomic E-state index is 13.6. The van der Waals surface area contributed by atoms with E-state index in [0.717, 1.165) is 16.8 Å². The van der Waals surface area contributed by atoms with Gasteiger partial charge in [0.2, 0.25) is 5.91 Å². The maximum atomic E-state index is 13.6. The minimum Gasteiger partial charge on any atom is -0.330 e. The highest BCUT2D eigenvalue weighted by Crippen LogP contribution is 2.40. The van der Waals surface area contributed by atoms with Gasteiger partial charge in [-0.2, -0.15) is 5.10 Å². The van der Waals surface area contributed by atoms with Crippen LogP contribution in [0, 0.1) is 5.92 Å². The molecular formula is C29H35N7O3. The lowest BCUT2D eigenvalue weighted by atomic mass is 10.0. The number of urea groups is 1. The second kappa shape index (κ2) is 12.0. The SMILES string of the molecule is C=CC(=O)Nc1ccc(C(=O)Nc2n[nH]c3c2CN(C(=O)N[C@H](CN(C)C)c2ccccc2)[C@@H]3C(C)C)cc1. The molecule has 1 aliphatic rings. The molecule has 0 radical (unpaired) electrons. The number of likely N-dealkylation sites (N-methyl/N-ethyl adjacent to an activating group) is 1. The Bertz CT molecular complexity index is 1330. The van der Waals surface area contributed by atoms with Gasteiger partial charge in [0.05, 0.1) is 24.3 Å². The average molecular weight is 530 g/mol. The molecule has 0 unspecified atom stereocenters. The van der Waals surface area contributed by atoms with Gasteiger partial charge in [-0.05, 0) is 55.9 Å². The number of nitrogens with zero attached hydrogens (tertiary/aromatic N) is 3. The highest BCUT2D eigenvalue weighted by atomic mass is 16.2. The summed E-state index contributed by atoms with van der Waals surface area (Å²) in [5.41, 5.74) is 3.60. The van der Waals surface area contributed by atoms with Crippen molar-refractivity contribution in [3.05, 3.63) is 89.6 Å². The van der Waals surface area contributed by atoms with Gasteiger partial charge in [0.25, 0.3) is 5.91 Å². The molecule has 0 saturated heterocycles. The van der Waals surface area contributed by atoms with Gasteiger partial charge in [-0.3, -0.25) is 14.7 Å². The Labute approximate surface area is 228 Å². The summed E-state index contributed by atoms with van der Waals surface area (Å²) in [4.78, 5) is 41.9. The molecule has 10 heteroatoms. The fourth-order valence-corrected chi connectivity index (χ4v) is 4.80. The summed E-state index contributed by atoms with van der Waals surface area (Å²) in [6.45, 7) is 8.50. The van der Waals surface area contributed by atoms with Gasteiger partial charge in [0.1, 0.15) is 0 Å². The number of nitrogens with one attached hydrogen (secondary N) is 4. The summed E-state index contributed by atoms with van der Waals surface area (Å²) < 4.78 is 0. The first-order chi connectivity index (χ1) is 18.7. The Morgan fingerprint density at radius 3 is 2.41 bits per heavy atom. The van der Waals surface area contributed by atoms with E-state index in [1.54, 1.807) is 29.2 Å². The molecule has 4 rings (SSSR count). The van der Waals surface area contributed by atoms with Crippen LogP contribution in [-0.2, 0) is 11.3 Å². The first kappa shape index (κ1) is 27.6. The van der Waals surface area contributed by atoms with E-state index in [0.29, 0.717) is 30.2 Å². The van der Waals surface area contributed by atoms with Crippen LogP contribution >= 0.6 is 0 Å². The molecule has 3 aromatic rings. The van der Waals surface area contributed by atoms with Crippen molar-refractivity contribution in [1.82, 2.24) is 25.3 Å². The van der Waals surface area contributed by atoms with E-state index in [-0.39, 0.29) is 35.8 Å². The molecule has 1 aromatic heterocycles. The predicted octanol–water partition coefficient (Wildman–Crippen LogP) is 4.31. The number of H-pyrrole nitrogens is 1. The molecule has 2 atom stereocenters. The number of hydrogen-bond donors (Lipinski definition) is 4. The summed E-state index contributed by atoms with van der Waals surface area (Å²) in [6.07, 6.45) is 1.18. The lowest BCUT2D eigenvalue weighted by molar-refractivity contribution is -0.111. The van der Waals surface area contributed by atoms with Crippen LogP contribution in [-0.4, -0.2) is 58.5 Å². The van der Waals surface area contributed by atoms with E-state index in [9.17, 15) is 14.4 Å². The first-order valence-corrected chi connectivity index (χ1v) is 12.9. The smallest absolute Gasteiger partial charge is 0.318 e. The Hall–Kier alpha value is -4.44. The molecule has 0 aliphatic carbocycles. The molecule has 204 valence electrons. The zero-order chi connectivity index (χ0) is 28.1. The topological polar surface area (TPSA) is 122 Å². The minimum atomic E-state index is -0.343. The van der Waals surface area contributed by atoms with Gasteiger partial charge < -0.3 is 25.8 Å². The Balaban J connectivity index is 1.50. The summed E-state index contributed by atoms with van der Waals surface area (Å²) >= 11 is 0. The van der Waals surface area contributed by atoms with Crippen LogP contribution in [0.25, 0.3) is 0 Å². The molecule has 10 nitrogen and oxygen atoms in total. The minimum absolute atomic E-state index is 0.114. The van der Waals surface area contributed by atoms with E-state index in [1.807, 2.05) is 49.3 Å². The van der Waals surface area contributed by atoms with Crippen molar-refractivity contribution >= 4 is 29.4 Å². The van der Waals surface area contributed by atoms with Crippen molar-refractivity contribution in [2.24, 2.45) is 5.92 Å². The number of rotatable bonds is 9. The average Bonchev–Trinajstić information content (AvgIpc) is 3.48. The standard InChI is InChI=1S/C29H35N7O3/c1-6-24(37)30-21-14-12-20(13-15-21)28(38)32-27-22-16-36(26(18(2)3)25(22)33-34-27)29(39)31-23(17-35(4)5)19-10-8-7-9-11-19/h6-15,18,23,26H,1,16-17H2,2-5H3,(H,30,37)(H,31,39)(H2,32,33,34,38)/t23-,26-/m1/s1. The van der Waals surface area contributed by atoms with Crippen molar-refractivity contribution in [3.63, 3.8) is 0 Å². The molecule has 0 saturated carbocycles. The fraction of sp³-hybridized carbons (Fsp3) is 0.310. The molecule has 0 spiro atoms. The van der Waals surface area contributed by atoms with Crippen molar-refractivity contribution in [1.29, 1.82) is 0 Å².